The normalized spacial score (nSPS) is 17.9. The number of nitrogens with one attached hydrogen (secondary N) is 1. The van der Waals surface area contributed by atoms with Gasteiger partial charge in [0.1, 0.15) is 10.8 Å². The molecule has 0 saturated carbocycles. The third-order valence-electron chi connectivity index (χ3n) is 5.18. The van der Waals surface area contributed by atoms with Gasteiger partial charge in [0, 0.05) is 17.0 Å². The van der Waals surface area contributed by atoms with Crippen molar-refractivity contribution in [3.8, 4) is 10.6 Å². The fourth-order valence-corrected chi connectivity index (χ4v) is 6.13. The number of carbonyl (C=O) groups excluding carboxylic acids is 1. The van der Waals surface area contributed by atoms with Gasteiger partial charge in [0.25, 0.3) is 0 Å². The standard InChI is InChI=1S/C21H24N4O3S2/c1-3-15-4-6-16(7-5-15)21-22-17(12-29-21)11-20(26)23-19-10-14(2)24-25(19)18-8-9-30(27,28)13-18/h4-7,10,12,18H,3,8-9,11,13H2,1-2H3,(H,23,26)/t18-/m0/s1. The summed E-state index contributed by atoms with van der Waals surface area (Å²) in [7, 11) is -3.04. The van der Waals surface area contributed by atoms with Crippen LogP contribution in [0.3, 0.4) is 0 Å². The number of nitrogens with zero attached hydrogens (tertiary/aromatic N) is 3. The topological polar surface area (TPSA) is 93.9 Å². The lowest BCUT2D eigenvalue weighted by molar-refractivity contribution is -0.115. The highest BCUT2D eigenvalue weighted by Gasteiger charge is 2.31. The maximum atomic E-state index is 12.6. The molecule has 4 rings (SSSR count). The average Bonchev–Trinajstić information content (AvgIpc) is 3.40. The van der Waals surface area contributed by atoms with Crippen molar-refractivity contribution in [3.63, 3.8) is 0 Å². The highest BCUT2D eigenvalue weighted by atomic mass is 32.2. The Hall–Kier alpha value is -2.52. The molecule has 7 nitrogen and oxygen atoms in total. The lowest BCUT2D eigenvalue weighted by Gasteiger charge is -2.13. The number of carbonyl (C=O) groups is 1. The average molecular weight is 445 g/mol. The van der Waals surface area contributed by atoms with E-state index in [0.717, 1.165) is 22.7 Å². The highest BCUT2D eigenvalue weighted by molar-refractivity contribution is 7.91. The minimum Gasteiger partial charge on any atom is -0.311 e. The number of thiazole rings is 1. The van der Waals surface area contributed by atoms with Gasteiger partial charge in [-0.15, -0.1) is 11.3 Å². The largest absolute Gasteiger partial charge is 0.311 e. The first kappa shape index (κ1) is 20.7. The zero-order valence-corrected chi connectivity index (χ0v) is 18.6. The fourth-order valence-electron chi connectivity index (χ4n) is 3.61. The lowest BCUT2D eigenvalue weighted by atomic mass is 10.1. The lowest BCUT2D eigenvalue weighted by Crippen LogP contribution is -2.20. The van der Waals surface area contributed by atoms with Crippen molar-refractivity contribution in [1.29, 1.82) is 0 Å². The summed E-state index contributed by atoms with van der Waals surface area (Å²) in [5.74, 6) is 0.550. The molecular formula is C21H24N4O3S2. The minimum atomic E-state index is -3.04. The molecule has 1 fully saturated rings. The van der Waals surface area contributed by atoms with Gasteiger partial charge >= 0.3 is 0 Å². The van der Waals surface area contributed by atoms with E-state index in [-0.39, 0.29) is 29.9 Å². The first-order valence-electron chi connectivity index (χ1n) is 9.93. The van der Waals surface area contributed by atoms with Crippen molar-refractivity contribution in [2.75, 3.05) is 16.8 Å². The van der Waals surface area contributed by atoms with Crippen molar-refractivity contribution in [1.82, 2.24) is 14.8 Å². The van der Waals surface area contributed by atoms with Crippen LogP contribution >= 0.6 is 11.3 Å². The molecule has 1 aliphatic heterocycles. The summed E-state index contributed by atoms with van der Waals surface area (Å²) in [6, 6.07) is 9.82. The van der Waals surface area contributed by atoms with Crippen molar-refractivity contribution >= 4 is 32.9 Å². The molecule has 0 unspecified atom stereocenters. The molecule has 0 radical (unpaired) electrons. The maximum absolute atomic E-state index is 12.6. The van der Waals surface area contributed by atoms with Crippen molar-refractivity contribution < 1.29 is 13.2 Å². The van der Waals surface area contributed by atoms with Crippen LogP contribution in [0.4, 0.5) is 5.82 Å². The van der Waals surface area contributed by atoms with E-state index in [1.165, 1.54) is 16.9 Å². The number of hydrogen-bond acceptors (Lipinski definition) is 6. The van der Waals surface area contributed by atoms with Crippen LogP contribution in [0.25, 0.3) is 10.6 Å². The number of rotatable bonds is 6. The number of aromatic nitrogens is 3. The molecule has 1 N–H and O–H groups in total. The van der Waals surface area contributed by atoms with E-state index in [1.807, 2.05) is 12.3 Å². The first-order chi connectivity index (χ1) is 14.3. The molecule has 30 heavy (non-hydrogen) atoms. The van der Waals surface area contributed by atoms with E-state index in [2.05, 4.69) is 46.6 Å². The summed E-state index contributed by atoms with van der Waals surface area (Å²) >= 11 is 1.52. The zero-order chi connectivity index (χ0) is 21.3. The highest BCUT2D eigenvalue weighted by Crippen LogP contribution is 2.28. The molecule has 1 atom stereocenters. The molecule has 0 bridgehead atoms. The molecule has 1 aliphatic rings. The van der Waals surface area contributed by atoms with Gasteiger partial charge in [-0.2, -0.15) is 5.10 Å². The Kier molecular flexibility index (Phi) is 5.75. The van der Waals surface area contributed by atoms with Crippen LogP contribution in [0.1, 0.15) is 36.3 Å². The van der Waals surface area contributed by atoms with Gasteiger partial charge < -0.3 is 5.32 Å². The van der Waals surface area contributed by atoms with Gasteiger partial charge in [-0.25, -0.2) is 18.1 Å². The molecule has 0 aliphatic carbocycles. The smallest absolute Gasteiger partial charge is 0.231 e. The second-order valence-electron chi connectivity index (χ2n) is 7.59. The first-order valence-corrected chi connectivity index (χ1v) is 12.6. The van der Waals surface area contributed by atoms with Crippen LogP contribution in [0, 0.1) is 6.92 Å². The van der Waals surface area contributed by atoms with E-state index in [9.17, 15) is 13.2 Å². The third-order valence-corrected chi connectivity index (χ3v) is 7.87. The van der Waals surface area contributed by atoms with E-state index >= 15 is 0 Å². The molecule has 158 valence electrons. The monoisotopic (exact) mass is 444 g/mol. The molecule has 0 spiro atoms. The molecule has 3 heterocycles. The van der Waals surface area contributed by atoms with E-state index < -0.39 is 9.84 Å². The van der Waals surface area contributed by atoms with Crippen molar-refractivity contribution in [3.05, 3.63) is 52.7 Å². The van der Waals surface area contributed by atoms with Crippen LogP contribution in [-0.2, 0) is 27.5 Å². The summed E-state index contributed by atoms with van der Waals surface area (Å²) < 4.78 is 25.3. The second-order valence-corrected chi connectivity index (χ2v) is 10.7. The zero-order valence-electron chi connectivity index (χ0n) is 17.0. The Labute approximate surface area is 180 Å². The Bertz CT molecular complexity index is 1160. The van der Waals surface area contributed by atoms with Gasteiger partial charge in [-0.05, 0) is 25.3 Å². The fraction of sp³-hybridized carbons (Fsp3) is 0.381. The Morgan fingerprint density at radius 2 is 2.07 bits per heavy atom. The van der Waals surface area contributed by atoms with E-state index in [4.69, 9.17) is 0 Å². The SMILES string of the molecule is CCc1ccc(-c2nc(CC(=O)Nc3cc(C)nn3[C@H]3CCS(=O)(=O)C3)cs2)cc1. The second kappa shape index (κ2) is 8.31. The van der Waals surface area contributed by atoms with E-state index in [1.54, 1.807) is 10.7 Å². The summed E-state index contributed by atoms with van der Waals surface area (Å²) in [5.41, 5.74) is 3.76. The third kappa shape index (κ3) is 4.62. The summed E-state index contributed by atoms with van der Waals surface area (Å²) in [6.07, 6.45) is 1.65. The van der Waals surface area contributed by atoms with E-state index in [0.29, 0.717) is 17.9 Å². The van der Waals surface area contributed by atoms with Crippen molar-refractivity contribution in [2.45, 2.75) is 39.2 Å². The quantitative estimate of drug-likeness (QED) is 0.629. The number of amides is 1. The molecule has 1 aromatic carbocycles. The Morgan fingerprint density at radius 1 is 1.30 bits per heavy atom. The predicted octanol–water partition coefficient (Wildman–Crippen LogP) is 3.42. The molecule has 1 saturated heterocycles. The Balaban J connectivity index is 1.44. The maximum Gasteiger partial charge on any atom is 0.231 e. The summed E-state index contributed by atoms with van der Waals surface area (Å²) in [4.78, 5) is 17.2. The minimum absolute atomic E-state index is 0.0588. The van der Waals surface area contributed by atoms with Gasteiger partial charge in [0.2, 0.25) is 5.91 Å². The van der Waals surface area contributed by atoms with Crippen LogP contribution < -0.4 is 5.32 Å². The van der Waals surface area contributed by atoms with Crippen LogP contribution in [0.2, 0.25) is 0 Å². The molecule has 9 heteroatoms. The molecular weight excluding hydrogens is 420 g/mol. The van der Waals surface area contributed by atoms with Gasteiger partial charge in [-0.1, -0.05) is 31.2 Å². The van der Waals surface area contributed by atoms with Crippen molar-refractivity contribution in [2.24, 2.45) is 0 Å². The number of aryl methyl sites for hydroxylation is 2. The van der Waals surface area contributed by atoms with Gasteiger partial charge in [0.15, 0.2) is 9.84 Å². The summed E-state index contributed by atoms with van der Waals surface area (Å²) in [6.45, 7) is 3.94. The van der Waals surface area contributed by atoms with Crippen LogP contribution in [-0.4, -0.2) is 40.6 Å². The number of sulfone groups is 1. The summed E-state index contributed by atoms with van der Waals surface area (Å²) in [5, 5.41) is 10.1. The predicted molar refractivity (Wildman–Crippen MR) is 119 cm³/mol. The number of benzene rings is 1. The number of hydrogen-bond donors (Lipinski definition) is 1. The molecule has 3 aromatic rings. The number of anilines is 1. The molecule has 1 amide bonds. The van der Waals surface area contributed by atoms with Gasteiger partial charge in [-0.3, -0.25) is 4.79 Å². The van der Waals surface area contributed by atoms with Crippen LogP contribution in [0.5, 0.6) is 0 Å². The Morgan fingerprint density at radius 3 is 2.73 bits per heavy atom. The van der Waals surface area contributed by atoms with Gasteiger partial charge in [0.05, 0.1) is 35.4 Å². The van der Waals surface area contributed by atoms with Crippen LogP contribution in [0.15, 0.2) is 35.7 Å². The molecule has 2 aromatic heterocycles.